The number of pyridine rings is 1. The van der Waals surface area contributed by atoms with Gasteiger partial charge in [0.15, 0.2) is 5.78 Å². The predicted octanol–water partition coefficient (Wildman–Crippen LogP) is 1.54. The Kier molecular flexibility index (Phi) is 1.43. The minimum Gasteiger partial charge on any atom is -0.306 e. The van der Waals surface area contributed by atoms with Crippen molar-refractivity contribution in [2.75, 3.05) is 0 Å². The summed E-state index contributed by atoms with van der Waals surface area (Å²) in [4.78, 5) is 14.9. The van der Waals surface area contributed by atoms with Crippen molar-refractivity contribution < 1.29 is 4.79 Å². The summed E-state index contributed by atoms with van der Waals surface area (Å²) < 4.78 is 1.83. The van der Waals surface area contributed by atoms with Crippen LogP contribution >= 0.6 is 0 Å². The lowest BCUT2D eigenvalue weighted by Crippen LogP contribution is -1.94. The van der Waals surface area contributed by atoms with Crippen molar-refractivity contribution in [2.24, 2.45) is 0 Å². The molecule has 0 aliphatic carbocycles. The molecule has 60 valence electrons. The molecule has 0 atom stereocenters. The molecule has 3 heteroatoms. The predicted molar refractivity (Wildman–Crippen MR) is 45.2 cm³/mol. The summed E-state index contributed by atoms with van der Waals surface area (Å²) in [6.07, 6.45) is 5.22. The Labute approximate surface area is 69.7 Å². The number of imidazole rings is 1. The normalized spacial score (nSPS) is 10.4. The number of hydrogen-bond donors (Lipinski definition) is 0. The van der Waals surface area contributed by atoms with Crippen LogP contribution in [0.2, 0.25) is 0 Å². The molecule has 12 heavy (non-hydrogen) atoms. The molecular formula is C9H8N2O. The Balaban J connectivity index is 2.68. The van der Waals surface area contributed by atoms with Crippen LogP contribution in [0.15, 0.2) is 30.9 Å². The summed E-state index contributed by atoms with van der Waals surface area (Å²) in [6, 6.07) is 3.68. The van der Waals surface area contributed by atoms with Crippen LogP contribution in [0.3, 0.4) is 0 Å². The molecule has 3 nitrogen and oxygen atoms in total. The maximum atomic E-state index is 11.0. The second-order valence-corrected chi connectivity index (χ2v) is 2.70. The molecule has 0 saturated carbocycles. The van der Waals surface area contributed by atoms with Gasteiger partial charge < -0.3 is 4.40 Å². The monoisotopic (exact) mass is 160 g/mol. The zero-order valence-electron chi connectivity index (χ0n) is 6.69. The quantitative estimate of drug-likeness (QED) is 0.593. The largest absolute Gasteiger partial charge is 0.306 e. The van der Waals surface area contributed by atoms with Gasteiger partial charge in [-0.2, -0.15) is 0 Å². The van der Waals surface area contributed by atoms with Crippen molar-refractivity contribution in [3.05, 3.63) is 36.4 Å². The van der Waals surface area contributed by atoms with Gasteiger partial charge in [0.2, 0.25) is 0 Å². The van der Waals surface area contributed by atoms with Gasteiger partial charge in [-0.1, -0.05) is 0 Å². The van der Waals surface area contributed by atoms with E-state index in [-0.39, 0.29) is 5.78 Å². The minimum absolute atomic E-state index is 0.0746. The standard InChI is InChI=1S/C9H8N2O/c1-7(12)8-2-3-9-4-10-6-11(9)5-8/h2-6H,1H3. The van der Waals surface area contributed by atoms with E-state index in [0.29, 0.717) is 5.56 Å². The first kappa shape index (κ1) is 7.03. The second-order valence-electron chi connectivity index (χ2n) is 2.70. The van der Waals surface area contributed by atoms with Crippen LogP contribution in [0.1, 0.15) is 17.3 Å². The van der Waals surface area contributed by atoms with E-state index in [2.05, 4.69) is 4.98 Å². The summed E-state index contributed by atoms with van der Waals surface area (Å²) in [5.74, 6) is 0.0746. The fourth-order valence-electron chi connectivity index (χ4n) is 1.13. The third-order valence-electron chi connectivity index (χ3n) is 1.81. The Bertz CT molecular complexity index is 431. The average molecular weight is 160 g/mol. The lowest BCUT2D eigenvalue weighted by Gasteiger charge is -1.96. The van der Waals surface area contributed by atoms with E-state index in [0.717, 1.165) is 5.52 Å². The highest BCUT2D eigenvalue weighted by Crippen LogP contribution is 2.05. The van der Waals surface area contributed by atoms with E-state index in [9.17, 15) is 4.79 Å². The Morgan fingerprint density at radius 3 is 3.08 bits per heavy atom. The molecular weight excluding hydrogens is 152 g/mol. The number of carbonyl (C=O) groups excluding carboxylic acids is 1. The molecule has 0 spiro atoms. The average Bonchev–Trinajstić information content (AvgIpc) is 2.49. The maximum Gasteiger partial charge on any atom is 0.161 e. The summed E-state index contributed by atoms with van der Waals surface area (Å²) >= 11 is 0. The highest BCUT2D eigenvalue weighted by atomic mass is 16.1. The van der Waals surface area contributed by atoms with Crippen LogP contribution in [0, 0.1) is 0 Å². The number of ketones is 1. The number of hydrogen-bond acceptors (Lipinski definition) is 2. The van der Waals surface area contributed by atoms with Crippen molar-refractivity contribution in [2.45, 2.75) is 6.92 Å². The fourth-order valence-corrected chi connectivity index (χ4v) is 1.13. The molecule has 0 radical (unpaired) electrons. The number of carbonyl (C=O) groups is 1. The van der Waals surface area contributed by atoms with E-state index in [4.69, 9.17) is 0 Å². The van der Waals surface area contributed by atoms with Gasteiger partial charge in [-0.25, -0.2) is 4.98 Å². The molecule has 0 aliphatic rings. The first-order chi connectivity index (χ1) is 5.77. The van der Waals surface area contributed by atoms with Gasteiger partial charge in [-0.05, 0) is 19.1 Å². The summed E-state index contributed by atoms with van der Waals surface area (Å²) in [5.41, 5.74) is 1.71. The van der Waals surface area contributed by atoms with Gasteiger partial charge in [0, 0.05) is 11.8 Å². The van der Waals surface area contributed by atoms with Crippen molar-refractivity contribution in [1.82, 2.24) is 9.38 Å². The van der Waals surface area contributed by atoms with Gasteiger partial charge in [0.25, 0.3) is 0 Å². The van der Waals surface area contributed by atoms with Crippen LogP contribution in [0.4, 0.5) is 0 Å². The van der Waals surface area contributed by atoms with E-state index in [1.807, 2.05) is 10.5 Å². The molecule has 0 unspecified atom stereocenters. The number of aromatic nitrogens is 2. The van der Waals surface area contributed by atoms with Crippen LogP contribution < -0.4 is 0 Å². The third kappa shape index (κ3) is 0.993. The summed E-state index contributed by atoms with van der Waals surface area (Å²) in [5, 5.41) is 0. The van der Waals surface area contributed by atoms with Gasteiger partial charge in [0.05, 0.1) is 18.0 Å². The molecule has 0 aromatic carbocycles. The molecule has 0 N–H and O–H groups in total. The molecule has 2 aromatic rings. The first-order valence-corrected chi connectivity index (χ1v) is 3.70. The molecule has 0 fully saturated rings. The second kappa shape index (κ2) is 2.44. The van der Waals surface area contributed by atoms with Crippen molar-refractivity contribution in [1.29, 1.82) is 0 Å². The van der Waals surface area contributed by atoms with Crippen molar-refractivity contribution in [3.8, 4) is 0 Å². The molecule has 0 aliphatic heterocycles. The lowest BCUT2D eigenvalue weighted by atomic mass is 10.2. The number of rotatable bonds is 1. The first-order valence-electron chi connectivity index (χ1n) is 3.70. The number of fused-ring (bicyclic) bond motifs is 1. The molecule has 2 heterocycles. The molecule has 0 bridgehead atoms. The highest BCUT2D eigenvalue weighted by molar-refractivity contribution is 5.94. The smallest absolute Gasteiger partial charge is 0.161 e. The van der Waals surface area contributed by atoms with Gasteiger partial charge in [-0.3, -0.25) is 4.79 Å². The van der Waals surface area contributed by atoms with E-state index in [1.165, 1.54) is 0 Å². The third-order valence-corrected chi connectivity index (χ3v) is 1.81. The van der Waals surface area contributed by atoms with Crippen LogP contribution in [0.25, 0.3) is 5.52 Å². The van der Waals surface area contributed by atoms with E-state index < -0.39 is 0 Å². The maximum absolute atomic E-state index is 11.0. The SMILES string of the molecule is CC(=O)c1ccc2cncn2c1. The van der Waals surface area contributed by atoms with E-state index >= 15 is 0 Å². The van der Waals surface area contributed by atoms with Crippen molar-refractivity contribution in [3.63, 3.8) is 0 Å². The number of Topliss-reactive ketones (excluding diaryl/α,β-unsaturated/α-hetero) is 1. The van der Waals surface area contributed by atoms with Crippen molar-refractivity contribution >= 4 is 11.3 Å². The van der Waals surface area contributed by atoms with Crippen LogP contribution in [-0.2, 0) is 0 Å². The molecule has 2 rings (SSSR count). The molecule has 0 amide bonds. The fraction of sp³-hybridized carbons (Fsp3) is 0.111. The zero-order valence-corrected chi connectivity index (χ0v) is 6.69. The summed E-state index contributed by atoms with van der Waals surface area (Å²) in [7, 11) is 0. The lowest BCUT2D eigenvalue weighted by molar-refractivity contribution is 0.101. The van der Waals surface area contributed by atoms with Gasteiger partial charge in [-0.15, -0.1) is 0 Å². The van der Waals surface area contributed by atoms with Crippen LogP contribution in [0.5, 0.6) is 0 Å². The Morgan fingerprint density at radius 2 is 2.33 bits per heavy atom. The molecule has 0 saturated heterocycles. The Hall–Kier alpha value is -1.64. The van der Waals surface area contributed by atoms with Gasteiger partial charge in [0.1, 0.15) is 0 Å². The minimum atomic E-state index is 0.0746. The molecule has 2 aromatic heterocycles. The topological polar surface area (TPSA) is 34.4 Å². The Morgan fingerprint density at radius 1 is 1.50 bits per heavy atom. The highest BCUT2D eigenvalue weighted by Gasteiger charge is 1.99. The van der Waals surface area contributed by atoms with Gasteiger partial charge >= 0.3 is 0 Å². The van der Waals surface area contributed by atoms with E-state index in [1.54, 1.807) is 31.7 Å². The number of nitrogens with zero attached hydrogens (tertiary/aromatic N) is 2. The zero-order chi connectivity index (χ0) is 8.55. The van der Waals surface area contributed by atoms with Crippen LogP contribution in [-0.4, -0.2) is 15.2 Å². The summed E-state index contributed by atoms with van der Waals surface area (Å²) in [6.45, 7) is 1.55.